The number of anilines is 1. The standard InChI is InChI=1S/C28H21NO7/c1-34-20-8-5-7-18(14-20)24-23(25(30)22-15-17-6-3-4-9-21(17)36-22)26(31)27(32)29(24)19-12-10-16(11-13-19)28(33)35-2/h3-15,24,31H,1-2H3. The molecule has 0 fully saturated rings. The highest BCUT2D eigenvalue weighted by Crippen LogP contribution is 2.43. The maximum Gasteiger partial charge on any atom is 0.337 e. The van der Waals surface area contributed by atoms with Gasteiger partial charge in [0.05, 0.1) is 31.4 Å². The van der Waals surface area contributed by atoms with Gasteiger partial charge in [0, 0.05) is 11.1 Å². The number of ketones is 1. The number of hydrogen-bond donors (Lipinski definition) is 1. The lowest BCUT2D eigenvalue weighted by atomic mass is 9.94. The van der Waals surface area contributed by atoms with Crippen molar-refractivity contribution in [3.63, 3.8) is 0 Å². The van der Waals surface area contributed by atoms with Crippen molar-refractivity contribution in [2.24, 2.45) is 0 Å². The summed E-state index contributed by atoms with van der Waals surface area (Å²) in [5.74, 6) is -2.05. The normalized spacial score (nSPS) is 15.4. The van der Waals surface area contributed by atoms with Gasteiger partial charge >= 0.3 is 5.97 Å². The van der Waals surface area contributed by atoms with E-state index < -0.39 is 29.5 Å². The Balaban J connectivity index is 1.64. The van der Waals surface area contributed by atoms with E-state index in [1.807, 2.05) is 6.07 Å². The summed E-state index contributed by atoms with van der Waals surface area (Å²) in [4.78, 5) is 40.2. The second-order valence-corrected chi connectivity index (χ2v) is 8.13. The Bertz CT molecular complexity index is 1500. The summed E-state index contributed by atoms with van der Waals surface area (Å²) in [7, 11) is 2.78. The number of carbonyl (C=O) groups is 3. The van der Waals surface area contributed by atoms with E-state index in [-0.39, 0.29) is 11.3 Å². The lowest BCUT2D eigenvalue weighted by Gasteiger charge is -2.27. The Morgan fingerprint density at radius 1 is 0.944 bits per heavy atom. The maximum absolute atomic E-state index is 13.7. The van der Waals surface area contributed by atoms with Crippen LogP contribution >= 0.6 is 0 Å². The average molecular weight is 483 g/mol. The number of esters is 1. The van der Waals surface area contributed by atoms with Crippen molar-refractivity contribution in [2.45, 2.75) is 6.04 Å². The van der Waals surface area contributed by atoms with Gasteiger partial charge in [-0.05, 0) is 54.1 Å². The van der Waals surface area contributed by atoms with Crippen LogP contribution in [-0.4, -0.2) is 37.0 Å². The van der Waals surface area contributed by atoms with Crippen LogP contribution in [0, 0.1) is 0 Å². The SMILES string of the molecule is COC(=O)c1ccc(N2C(=O)C(O)=C(C(=O)c3cc4ccccc4o3)C2c2cccc(OC)c2)cc1. The summed E-state index contributed by atoms with van der Waals surface area (Å²) in [6.45, 7) is 0. The fraction of sp³-hybridized carbons (Fsp3) is 0.107. The first-order valence-electron chi connectivity index (χ1n) is 11.0. The van der Waals surface area contributed by atoms with Gasteiger partial charge in [0.25, 0.3) is 5.91 Å². The quantitative estimate of drug-likeness (QED) is 0.303. The summed E-state index contributed by atoms with van der Waals surface area (Å²) < 4.78 is 15.8. The molecule has 2 heterocycles. The van der Waals surface area contributed by atoms with Crippen molar-refractivity contribution in [1.29, 1.82) is 0 Å². The third-order valence-corrected chi connectivity index (χ3v) is 6.08. The van der Waals surface area contributed by atoms with Crippen LogP contribution in [0.25, 0.3) is 11.0 Å². The van der Waals surface area contributed by atoms with Gasteiger partial charge in [-0.2, -0.15) is 0 Å². The number of methoxy groups -OCH3 is 2. The number of carbonyl (C=O) groups excluding carboxylic acids is 3. The molecule has 1 aliphatic rings. The van der Waals surface area contributed by atoms with Crippen LogP contribution in [0.4, 0.5) is 5.69 Å². The Morgan fingerprint density at radius 3 is 2.39 bits per heavy atom. The topological polar surface area (TPSA) is 106 Å². The second kappa shape index (κ2) is 9.07. The number of Topliss-reactive ketones (excluding diaryl/α,β-unsaturated/α-hetero) is 1. The number of aliphatic hydroxyl groups is 1. The molecule has 36 heavy (non-hydrogen) atoms. The number of benzene rings is 3. The van der Waals surface area contributed by atoms with E-state index in [1.165, 1.54) is 31.3 Å². The molecule has 1 amide bonds. The van der Waals surface area contributed by atoms with Crippen LogP contribution in [-0.2, 0) is 9.53 Å². The number of hydrogen-bond acceptors (Lipinski definition) is 7. The molecule has 3 aromatic carbocycles. The van der Waals surface area contributed by atoms with E-state index in [4.69, 9.17) is 13.9 Å². The largest absolute Gasteiger partial charge is 0.503 e. The average Bonchev–Trinajstić information content (AvgIpc) is 3.47. The van der Waals surface area contributed by atoms with Crippen LogP contribution in [0.5, 0.6) is 5.75 Å². The fourth-order valence-electron chi connectivity index (χ4n) is 4.33. The van der Waals surface area contributed by atoms with Gasteiger partial charge in [0.1, 0.15) is 11.3 Å². The van der Waals surface area contributed by atoms with E-state index in [0.29, 0.717) is 28.1 Å². The molecule has 180 valence electrons. The first-order chi connectivity index (χ1) is 17.4. The van der Waals surface area contributed by atoms with Crippen molar-refractivity contribution < 1.29 is 33.4 Å². The van der Waals surface area contributed by atoms with Crippen molar-refractivity contribution >= 4 is 34.3 Å². The summed E-state index contributed by atoms with van der Waals surface area (Å²) >= 11 is 0. The molecule has 0 aliphatic carbocycles. The predicted molar refractivity (Wildman–Crippen MR) is 131 cm³/mol. The fourth-order valence-corrected chi connectivity index (χ4v) is 4.33. The Hall–Kier alpha value is -4.85. The smallest absolute Gasteiger partial charge is 0.337 e. The monoisotopic (exact) mass is 483 g/mol. The van der Waals surface area contributed by atoms with Crippen molar-refractivity contribution in [3.8, 4) is 5.75 Å². The van der Waals surface area contributed by atoms with E-state index in [1.54, 1.807) is 60.7 Å². The van der Waals surface area contributed by atoms with Crippen molar-refractivity contribution in [3.05, 3.63) is 107 Å². The van der Waals surface area contributed by atoms with Gasteiger partial charge < -0.3 is 19.0 Å². The molecular weight excluding hydrogens is 462 g/mol. The third kappa shape index (κ3) is 3.78. The van der Waals surface area contributed by atoms with Gasteiger partial charge in [-0.1, -0.05) is 30.3 Å². The lowest BCUT2D eigenvalue weighted by Crippen LogP contribution is -2.31. The molecule has 8 nitrogen and oxygen atoms in total. The van der Waals surface area contributed by atoms with Gasteiger partial charge in [0.15, 0.2) is 11.5 Å². The first kappa shape index (κ1) is 22.9. The molecule has 1 N–H and O–H groups in total. The zero-order chi connectivity index (χ0) is 25.4. The third-order valence-electron chi connectivity index (χ3n) is 6.08. The van der Waals surface area contributed by atoms with Crippen LogP contribution in [0.1, 0.15) is 32.5 Å². The van der Waals surface area contributed by atoms with E-state index in [2.05, 4.69) is 0 Å². The highest BCUT2D eigenvalue weighted by molar-refractivity contribution is 6.20. The molecule has 0 spiro atoms. The molecule has 0 saturated heterocycles. The number of nitrogens with zero attached hydrogens (tertiary/aromatic N) is 1. The molecular formula is C28H21NO7. The number of ether oxygens (including phenoxy) is 2. The van der Waals surface area contributed by atoms with E-state index >= 15 is 0 Å². The summed E-state index contributed by atoms with van der Waals surface area (Å²) in [6.07, 6.45) is 0. The zero-order valence-corrected chi connectivity index (χ0v) is 19.4. The van der Waals surface area contributed by atoms with Gasteiger partial charge in [-0.15, -0.1) is 0 Å². The Labute approximate surface area is 206 Å². The summed E-state index contributed by atoms with van der Waals surface area (Å²) in [5, 5.41) is 11.7. The van der Waals surface area contributed by atoms with Gasteiger partial charge in [0.2, 0.25) is 5.78 Å². The van der Waals surface area contributed by atoms with Crippen LogP contribution in [0.15, 0.2) is 94.6 Å². The predicted octanol–water partition coefficient (Wildman–Crippen LogP) is 5.01. The van der Waals surface area contributed by atoms with Gasteiger partial charge in [-0.25, -0.2) is 4.79 Å². The number of aliphatic hydroxyl groups excluding tert-OH is 1. The van der Waals surface area contributed by atoms with Crippen molar-refractivity contribution in [2.75, 3.05) is 19.1 Å². The van der Waals surface area contributed by atoms with E-state index in [0.717, 1.165) is 5.39 Å². The lowest BCUT2D eigenvalue weighted by molar-refractivity contribution is -0.117. The Morgan fingerprint density at radius 2 is 1.69 bits per heavy atom. The second-order valence-electron chi connectivity index (χ2n) is 8.13. The first-order valence-corrected chi connectivity index (χ1v) is 11.0. The van der Waals surface area contributed by atoms with E-state index in [9.17, 15) is 19.5 Å². The summed E-state index contributed by atoms with van der Waals surface area (Å²) in [6, 6.07) is 20.8. The molecule has 8 heteroatoms. The number of amides is 1. The maximum atomic E-state index is 13.7. The number of rotatable bonds is 6. The minimum absolute atomic E-state index is 0.00124. The van der Waals surface area contributed by atoms with Gasteiger partial charge in [-0.3, -0.25) is 14.5 Å². The molecule has 1 atom stereocenters. The van der Waals surface area contributed by atoms with Crippen LogP contribution in [0.2, 0.25) is 0 Å². The molecule has 4 aromatic rings. The zero-order valence-electron chi connectivity index (χ0n) is 19.4. The molecule has 1 aromatic heterocycles. The molecule has 0 radical (unpaired) electrons. The minimum Gasteiger partial charge on any atom is -0.503 e. The molecule has 0 saturated carbocycles. The number of furan rings is 1. The summed E-state index contributed by atoms with van der Waals surface area (Å²) in [5.41, 5.74) is 1.60. The molecule has 1 aliphatic heterocycles. The number of fused-ring (bicyclic) bond motifs is 1. The van der Waals surface area contributed by atoms with Crippen molar-refractivity contribution in [1.82, 2.24) is 0 Å². The molecule has 0 bridgehead atoms. The molecule has 5 rings (SSSR count). The highest BCUT2D eigenvalue weighted by atomic mass is 16.5. The number of para-hydroxylation sites is 1. The molecule has 1 unspecified atom stereocenters. The highest BCUT2D eigenvalue weighted by Gasteiger charge is 2.45. The van der Waals surface area contributed by atoms with Crippen LogP contribution < -0.4 is 9.64 Å². The Kier molecular flexibility index (Phi) is 5.77. The van der Waals surface area contributed by atoms with Crippen LogP contribution in [0.3, 0.4) is 0 Å². The minimum atomic E-state index is -0.975.